The van der Waals surface area contributed by atoms with Gasteiger partial charge in [0, 0.05) is 14.7 Å². The van der Waals surface area contributed by atoms with E-state index in [4.69, 9.17) is 8.37 Å². The molecular weight excluding hydrogens is 473 g/mol. The molecule has 0 saturated carbocycles. The molecule has 0 saturated heterocycles. The molecule has 3 aromatic rings. The van der Waals surface area contributed by atoms with Crippen molar-refractivity contribution in [1.29, 1.82) is 0 Å². The molecule has 0 aliphatic heterocycles. The summed E-state index contributed by atoms with van der Waals surface area (Å²) in [6.07, 6.45) is -4.95. The van der Waals surface area contributed by atoms with Gasteiger partial charge in [0.2, 0.25) is 0 Å². The van der Waals surface area contributed by atoms with Gasteiger partial charge in [-0.05, 0) is 73.5 Å². The summed E-state index contributed by atoms with van der Waals surface area (Å²) in [4.78, 5) is 1.28. The summed E-state index contributed by atoms with van der Waals surface area (Å²) in [5.74, 6) is -1.65. The van der Waals surface area contributed by atoms with Crippen molar-refractivity contribution in [2.75, 3.05) is 5.75 Å². The van der Waals surface area contributed by atoms with Crippen LogP contribution in [0.15, 0.2) is 99.6 Å². The van der Waals surface area contributed by atoms with Gasteiger partial charge in [-0.3, -0.25) is 0 Å². The normalized spacial score (nSPS) is 13.5. The molecule has 0 unspecified atom stereocenters. The largest absolute Gasteiger partial charge is 0.488 e. The van der Waals surface area contributed by atoms with Gasteiger partial charge in [-0.1, -0.05) is 42.5 Å². The molecule has 0 aromatic heterocycles. The van der Waals surface area contributed by atoms with Crippen molar-refractivity contribution < 1.29 is 30.0 Å². The van der Waals surface area contributed by atoms with Crippen molar-refractivity contribution in [3.05, 3.63) is 84.9 Å². The van der Waals surface area contributed by atoms with E-state index in [9.17, 15) is 21.6 Å². The van der Waals surface area contributed by atoms with E-state index in [2.05, 4.69) is 0 Å². The Morgan fingerprint density at radius 3 is 1.67 bits per heavy atom. The predicted molar refractivity (Wildman–Crippen MR) is 123 cm³/mol. The van der Waals surface area contributed by atoms with Crippen LogP contribution in [0.5, 0.6) is 5.75 Å². The highest BCUT2D eigenvalue weighted by Gasteiger charge is 2.43. The molecule has 0 amide bonds. The lowest BCUT2D eigenvalue weighted by Crippen LogP contribution is -2.26. The van der Waals surface area contributed by atoms with Crippen LogP contribution in [-0.4, -0.2) is 25.9 Å². The highest BCUT2D eigenvalue weighted by Crippen LogP contribution is 2.70. The molecule has 4 nitrogen and oxygen atoms in total. The zero-order chi connectivity index (χ0) is 24.3. The fourth-order valence-corrected chi connectivity index (χ4v) is 8.43. The monoisotopic (exact) mass is 498 g/mol. The van der Waals surface area contributed by atoms with Gasteiger partial charge < -0.3 is 4.74 Å². The lowest BCUT2D eigenvalue weighted by atomic mass is 10.2. The SMILES string of the molecule is CC(C)(C)Oc1cccc(S(OS(=O)(=O)CC(F)(F)F)(c2ccccc2)c2ccccc2)c1. The van der Waals surface area contributed by atoms with Crippen molar-refractivity contribution in [2.45, 2.75) is 47.2 Å². The van der Waals surface area contributed by atoms with Crippen molar-refractivity contribution >= 4 is 20.4 Å². The van der Waals surface area contributed by atoms with E-state index in [-0.39, 0.29) is 0 Å². The summed E-state index contributed by atoms with van der Waals surface area (Å²) in [5.41, 5.74) is -0.542. The molecule has 9 heteroatoms. The topological polar surface area (TPSA) is 52.6 Å². The average Bonchev–Trinajstić information content (AvgIpc) is 2.70. The van der Waals surface area contributed by atoms with Crippen molar-refractivity contribution in [2.24, 2.45) is 0 Å². The summed E-state index contributed by atoms with van der Waals surface area (Å²) in [6, 6.07) is 23.5. The number of hydrogen-bond acceptors (Lipinski definition) is 4. The van der Waals surface area contributed by atoms with E-state index in [0.717, 1.165) is 0 Å². The molecule has 0 heterocycles. The number of hydrogen-bond donors (Lipinski definition) is 0. The van der Waals surface area contributed by atoms with E-state index >= 15 is 0 Å². The molecule has 3 rings (SSSR count). The van der Waals surface area contributed by atoms with Crippen molar-refractivity contribution in [3.8, 4) is 5.75 Å². The highest BCUT2D eigenvalue weighted by atomic mass is 32.3. The fourth-order valence-electron chi connectivity index (χ4n) is 3.20. The van der Waals surface area contributed by atoms with E-state index < -0.39 is 38.0 Å². The first kappa shape index (κ1) is 25.1. The molecule has 178 valence electrons. The minimum atomic E-state index is -5.02. The van der Waals surface area contributed by atoms with Crippen LogP contribution in [0.3, 0.4) is 0 Å². The van der Waals surface area contributed by atoms with Gasteiger partial charge in [0.25, 0.3) is 10.1 Å². The van der Waals surface area contributed by atoms with Gasteiger partial charge >= 0.3 is 6.18 Å². The quantitative estimate of drug-likeness (QED) is 0.353. The van der Waals surface area contributed by atoms with Crippen molar-refractivity contribution in [1.82, 2.24) is 0 Å². The third-order valence-electron chi connectivity index (χ3n) is 4.26. The Kier molecular flexibility index (Phi) is 7.16. The zero-order valence-corrected chi connectivity index (χ0v) is 20.0. The van der Waals surface area contributed by atoms with Gasteiger partial charge in [0.1, 0.15) is 11.4 Å². The zero-order valence-electron chi connectivity index (χ0n) is 18.4. The smallest absolute Gasteiger partial charge is 0.405 e. The minimum Gasteiger partial charge on any atom is -0.488 e. The van der Waals surface area contributed by atoms with Gasteiger partial charge in [-0.15, -0.1) is 0 Å². The first-order valence-electron chi connectivity index (χ1n) is 10.0. The Morgan fingerprint density at radius 2 is 1.21 bits per heavy atom. The Morgan fingerprint density at radius 1 is 0.727 bits per heavy atom. The van der Waals surface area contributed by atoms with Crippen LogP contribution in [-0.2, 0) is 13.7 Å². The first-order chi connectivity index (χ1) is 15.3. The number of rotatable bonds is 7. The molecule has 0 atom stereocenters. The van der Waals surface area contributed by atoms with E-state index in [0.29, 0.717) is 20.4 Å². The Balaban J connectivity index is 2.31. The minimum absolute atomic E-state index is 0.396. The number of halogens is 3. The van der Waals surface area contributed by atoms with Crippen LogP contribution in [0.1, 0.15) is 20.8 Å². The first-order valence-corrected chi connectivity index (χ1v) is 13.2. The third-order valence-corrected chi connectivity index (χ3v) is 9.37. The highest BCUT2D eigenvalue weighted by molar-refractivity contribution is 8.33. The predicted octanol–water partition coefficient (Wildman–Crippen LogP) is 6.97. The second-order valence-electron chi connectivity index (χ2n) is 8.26. The number of alkyl halides is 3. The molecule has 0 aliphatic rings. The summed E-state index contributed by atoms with van der Waals surface area (Å²) in [6.45, 7) is 5.58. The Labute approximate surface area is 194 Å². The Bertz CT molecular complexity index is 1130. The lowest BCUT2D eigenvalue weighted by molar-refractivity contribution is -0.107. The second-order valence-corrected chi connectivity index (χ2v) is 12.7. The molecule has 3 aromatic carbocycles. The maximum atomic E-state index is 13.1. The summed E-state index contributed by atoms with van der Waals surface area (Å²) >= 11 is 0. The van der Waals surface area contributed by atoms with Crippen LogP contribution < -0.4 is 4.74 Å². The molecule has 0 radical (unpaired) electrons. The average molecular weight is 499 g/mol. The maximum Gasteiger partial charge on any atom is 0.405 e. The number of ether oxygens (including phenoxy) is 1. The Hall–Kier alpha value is -2.49. The molecule has 0 spiro atoms. The van der Waals surface area contributed by atoms with Gasteiger partial charge in [-0.25, -0.2) is 3.63 Å². The van der Waals surface area contributed by atoms with Crippen LogP contribution in [0.2, 0.25) is 0 Å². The van der Waals surface area contributed by atoms with Gasteiger partial charge in [0.15, 0.2) is 5.75 Å². The van der Waals surface area contributed by atoms with Crippen LogP contribution in [0, 0.1) is 0 Å². The number of benzene rings is 3. The van der Waals surface area contributed by atoms with Crippen LogP contribution in [0.25, 0.3) is 0 Å². The standard InChI is InChI=1S/C24H25F3O4S2/c1-23(2,3)30-19-11-10-16-22(17-19)33(20-12-6-4-7-13-20,21-14-8-5-9-15-21)31-32(28,29)18-24(25,26)27/h4-17H,18H2,1-3H3. The molecular formula is C24H25F3O4S2. The summed E-state index contributed by atoms with van der Waals surface area (Å²) in [5, 5.41) is 0. The van der Waals surface area contributed by atoms with E-state index in [1.807, 2.05) is 20.8 Å². The summed E-state index contributed by atoms with van der Waals surface area (Å²) < 4.78 is 76.4. The van der Waals surface area contributed by atoms with Gasteiger partial charge in [0.05, 0.1) is 0 Å². The van der Waals surface area contributed by atoms with Crippen molar-refractivity contribution in [3.63, 3.8) is 0 Å². The molecule has 0 aliphatic carbocycles. The van der Waals surface area contributed by atoms with Gasteiger partial charge in [-0.2, -0.15) is 21.6 Å². The van der Waals surface area contributed by atoms with Crippen LogP contribution in [0.4, 0.5) is 13.2 Å². The molecule has 0 N–H and O–H groups in total. The molecule has 0 bridgehead atoms. The molecule has 33 heavy (non-hydrogen) atoms. The fraction of sp³-hybridized carbons (Fsp3) is 0.250. The molecule has 0 fully saturated rings. The van der Waals surface area contributed by atoms with Crippen LogP contribution >= 0.6 is 10.3 Å². The lowest BCUT2D eigenvalue weighted by Gasteiger charge is -2.39. The summed E-state index contributed by atoms with van der Waals surface area (Å²) in [7, 11) is -8.13. The maximum absolute atomic E-state index is 13.1. The van der Waals surface area contributed by atoms with E-state index in [1.54, 1.807) is 84.9 Å². The third kappa shape index (κ3) is 6.52. The van der Waals surface area contributed by atoms with E-state index in [1.165, 1.54) is 0 Å². The second kappa shape index (κ2) is 9.40.